The molecule has 8 heteroatoms. The minimum absolute atomic E-state index is 0.00803. The lowest BCUT2D eigenvalue weighted by Crippen LogP contribution is -2.45. The van der Waals surface area contributed by atoms with Crippen LogP contribution in [0, 0.1) is 11.8 Å². The second-order valence-corrected chi connectivity index (χ2v) is 7.90. The Morgan fingerprint density at radius 1 is 1.44 bits per heavy atom. The van der Waals surface area contributed by atoms with E-state index in [1.807, 2.05) is 0 Å². The van der Waals surface area contributed by atoms with Crippen molar-refractivity contribution in [1.82, 2.24) is 9.62 Å². The van der Waals surface area contributed by atoms with Crippen LogP contribution in [0.3, 0.4) is 0 Å². The fourth-order valence-corrected chi connectivity index (χ4v) is 3.97. The van der Waals surface area contributed by atoms with Crippen LogP contribution in [0.5, 0.6) is 0 Å². The van der Waals surface area contributed by atoms with Crippen molar-refractivity contribution in [2.24, 2.45) is 11.8 Å². The maximum absolute atomic E-state index is 12.7. The Balaban J connectivity index is 2.17. The van der Waals surface area contributed by atoms with Crippen LogP contribution in [0.25, 0.3) is 0 Å². The fourth-order valence-electron chi connectivity index (χ4n) is 2.93. The Morgan fingerprint density at radius 3 is 2.76 bits per heavy atom. The summed E-state index contributed by atoms with van der Waals surface area (Å²) < 4.78 is 26.7. The van der Waals surface area contributed by atoms with E-state index in [1.54, 1.807) is 17.9 Å². The van der Waals surface area contributed by atoms with Gasteiger partial charge in [-0.05, 0) is 30.5 Å². The molecule has 1 fully saturated rings. The van der Waals surface area contributed by atoms with Crippen molar-refractivity contribution in [3.8, 4) is 0 Å². The van der Waals surface area contributed by atoms with Gasteiger partial charge in [0, 0.05) is 25.2 Å². The number of piperidine rings is 1. The highest BCUT2D eigenvalue weighted by Crippen LogP contribution is 2.25. The molecule has 1 amide bonds. The highest BCUT2D eigenvalue weighted by Gasteiger charge is 2.33. The number of likely N-dealkylation sites (tertiary alicyclic amines) is 1. The third-order valence-corrected chi connectivity index (χ3v) is 5.74. The Hall–Kier alpha value is -2.19. The number of carbonyl (C=O) groups is 2. The third-order valence-electron chi connectivity index (χ3n) is 4.32. The first-order valence-electron chi connectivity index (χ1n) is 7.99. The van der Waals surface area contributed by atoms with Gasteiger partial charge in [0.15, 0.2) is 0 Å². The van der Waals surface area contributed by atoms with Gasteiger partial charge in [-0.2, -0.15) is 0 Å². The zero-order valence-electron chi connectivity index (χ0n) is 14.0. The molecule has 2 rings (SSSR count). The number of carboxylic acids is 1. The molecule has 1 aliphatic rings. The predicted molar refractivity (Wildman–Crippen MR) is 92.6 cm³/mol. The molecule has 0 aromatic heterocycles. The van der Waals surface area contributed by atoms with Gasteiger partial charge in [0.2, 0.25) is 10.0 Å². The van der Waals surface area contributed by atoms with Crippen molar-refractivity contribution in [3.63, 3.8) is 0 Å². The molecule has 2 N–H and O–H groups in total. The molecule has 0 spiro atoms. The van der Waals surface area contributed by atoms with Gasteiger partial charge in [-0.25, -0.2) is 13.1 Å². The van der Waals surface area contributed by atoms with Crippen LogP contribution in [-0.2, 0) is 14.8 Å². The predicted octanol–water partition coefficient (Wildman–Crippen LogP) is 1.33. The molecule has 2 unspecified atom stereocenters. The minimum Gasteiger partial charge on any atom is -0.481 e. The Kier molecular flexibility index (Phi) is 5.97. The standard InChI is InChI=1S/C17H22N2O5S/c1-3-8-18-25(23,24)14-6-4-5-13(10-14)16(20)19-9-7-15(17(21)22)12(2)11-19/h3-6,10,12,15,18H,1,7-9,11H2,2H3,(H,21,22). The van der Waals surface area contributed by atoms with Crippen LogP contribution >= 0.6 is 0 Å². The van der Waals surface area contributed by atoms with E-state index in [4.69, 9.17) is 5.11 Å². The van der Waals surface area contributed by atoms with E-state index in [2.05, 4.69) is 11.3 Å². The lowest BCUT2D eigenvalue weighted by Gasteiger charge is -2.35. The minimum atomic E-state index is -3.71. The smallest absolute Gasteiger partial charge is 0.306 e. The van der Waals surface area contributed by atoms with Crippen LogP contribution in [0.15, 0.2) is 41.8 Å². The zero-order chi connectivity index (χ0) is 18.6. The van der Waals surface area contributed by atoms with E-state index < -0.39 is 21.9 Å². The summed E-state index contributed by atoms with van der Waals surface area (Å²) in [6.07, 6.45) is 1.82. The summed E-state index contributed by atoms with van der Waals surface area (Å²) in [5, 5.41) is 9.16. The number of nitrogens with one attached hydrogen (secondary N) is 1. The second-order valence-electron chi connectivity index (χ2n) is 6.13. The molecular formula is C17H22N2O5S. The summed E-state index contributed by atoms with van der Waals surface area (Å²) in [4.78, 5) is 25.4. The van der Waals surface area contributed by atoms with Crippen molar-refractivity contribution in [3.05, 3.63) is 42.5 Å². The molecule has 7 nitrogen and oxygen atoms in total. The number of carboxylic acid groups (broad SMARTS) is 1. The molecule has 0 saturated carbocycles. The fraction of sp³-hybridized carbons (Fsp3) is 0.412. The molecule has 0 aliphatic carbocycles. The van der Waals surface area contributed by atoms with E-state index in [1.165, 1.54) is 24.3 Å². The van der Waals surface area contributed by atoms with Gasteiger partial charge in [-0.3, -0.25) is 9.59 Å². The number of hydrogen-bond acceptors (Lipinski definition) is 4. The molecule has 25 heavy (non-hydrogen) atoms. The van der Waals surface area contributed by atoms with Gasteiger partial charge in [0.1, 0.15) is 0 Å². The zero-order valence-corrected chi connectivity index (χ0v) is 14.8. The largest absolute Gasteiger partial charge is 0.481 e. The quantitative estimate of drug-likeness (QED) is 0.739. The Labute approximate surface area is 147 Å². The van der Waals surface area contributed by atoms with Crippen LogP contribution in [0.2, 0.25) is 0 Å². The SMILES string of the molecule is C=CCNS(=O)(=O)c1cccc(C(=O)N2CCC(C(=O)O)C(C)C2)c1. The topological polar surface area (TPSA) is 104 Å². The number of nitrogens with zero attached hydrogens (tertiary/aromatic N) is 1. The average molecular weight is 366 g/mol. The molecular weight excluding hydrogens is 344 g/mol. The van der Waals surface area contributed by atoms with Crippen molar-refractivity contribution in [1.29, 1.82) is 0 Å². The number of rotatable bonds is 6. The molecule has 1 aromatic carbocycles. The van der Waals surface area contributed by atoms with Gasteiger partial charge < -0.3 is 10.0 Å². The first-order valence-corrected chi connectivity index (χ1v) is 9.47. The van der Waals surface area contributed by atoms with Gasteiger partial charge in [0.25, 0.3) is 5.91 Å². The van der Waals surface area contributed by atoms with Gasteiger partial charge in [0.05, 0.1) is 10.8 Å². The van der Waals surface area contributed by atoms with E-state index in [0.717, 1.165) is 0 Å². The lowest BCUT2D eigenvalue weighted by atomic mass is 9.87. The summed E-state index contributed by atoms with van der Waals surface area (Å²) in [5.74, 6) is -1.76. The number of aliphatic carboxylic acids is 1. The molecule has 1 heterocycles. The summed E-state index contributed by atoms with van der Waals surface area (Å²) >= 11 is 0. The molecule has 1 aromatic rings. The maximum atomic E-state index is 12.7. The molecule has 136 valence electrons. The molecule has 0 radical (unpaired) electrons. The van der Waals surface area contributed by atoms with Crippen LogP contribution < -0.4 is 4.72 Å². The van der Waals surface area contributed by atoms with Gasteiger partial charge in [-0.15, -0.1) is 6.58 Å². The average Bonchev–Trinajstić information content (AvgIpc) is 2.59. The van der Waals surface area contributed by atoms with Crippen molar-refractivity contribution < 1.29 is 23.1 Å². The first-order chi connectivity index (χ1) is 11.8. The van der Waals surface area contributed by atoms with Crippen LogP contribution in [-0.4, -0.2) is 49.9 Å². The Bertz CT molecular complexity index is 775. The first kappa shape index (κ1) is 19.1. The van der Waals surface area contributed by atoms with E-state index in [-0.39, 0.29) is 28.8 Å². The van der Waals surface area contributed by atoms with Gasteiger partial charge >= 0.3 is 5.97 Å². The van der Waals surface area contributed by atoms with Crippen molar-refractivity contribution >= 4 is 21.9 Å². The monoisotopic (exact) mass is 366 g/mol. The number of sulfonamides is 1. The van der Waals surface area contributed by atoms with Crippen LogP contribution in [0.4, 0.5) is 0 Å². The number of carbonyl (C=O) groups excluding carboxylic acids is 1. The third kappa shape index (κ3) is 4.46. The molecule has 1 saturated heterocycles. The molecule has 0 bridgehead atoms. The number of amides is 1. The summed E-state index contributed by atoms with van der Waals surface area (Å²) in [6, 6.07) is 5.83. The van der Waals surface area contributed by atoms with Gasteiger partial charge in [-0.1, -0.05) is 19.1 Å². The van der Waals surface area contributed by atoms with E-state index in [0.29, 0.717) is 19.5 Å². The summed E-state index contributed by atoms with van der Waals surface area (Å²) in [7, 11) is -3.71. The Morgan fingerprint density at radius 2 is 2.16 bits per heavy atom. The maximum Gasteiger partial charge on any atom is 0.306 e. The molecule has 1 aliphatic heterocycles. The summed E-state index contributed by atoms with van der Waals surface area (Å²) in [5.41, 5.74) is 0.266. The molecule has 2 atom stereocenters. The summed E-state index contributed by atoms with van der Waals surface area (Å²) in [6.45, 7) is 6.04. The van der Waals surface area contributed by atoms with Crippen LogP contribution in [0.1, 0.15) is 23.7 Å². The number of benzene rings is 1. The highest BCUT2D eigenvalue weighted by atomic mass is 32.2. The lowest BCUT2D eigenvalue weighted by molar-refractivity contribution is -0.145. The highest BCUT2D eigenvalue weighted by molar-refractivity contribution is 7.89. The van der Waals surface area contributed by atoms with Crippen molar-refractivity contribution in [2.75, 3.05) is 19.6 Å². The van der Waals surface area contributed by atoms with Crippen molar-refractivity contribution in [2.45, 2.75) is 18.2 Å². The van der Waals surface area contributed by atoms with E-state index >= 15 is 0 Å². The number of hydrogen-bond donors (Lipinski definition) is 2. The van der Waals surface area contributed by atoms with E-state index in [9.17, 15) is 18.0 Å². The second kappa shape index (κ2) is 7.79. The normalized spacial score (nSPS) is 20.9.